The second-order valence-corrected chi connectivity index (χ2v) is 6.93. The smallest absolute Gasteiger partial charge is 0.00925 e. The summed E-state index contributed by atoms with van der Waals surface area (Å²) in [5.74, 6) is 1.86. The molecule has 0 bridgehead atoms. The Morgan fingerprint density at radius 1 is 1.44 bits per heavy atom. The molecule has 0 spiro atoms. The highest BCUT2D eigenvalue weighted by Gasteiger charge is 2.25. The first-order valence-corrected chi connectivity index (χ1v) is 8.37. The normalized spacial score (nSPS) is 26.1. The zero-order valence-electron chi connectivity index (χ0n) is 11.8. The van der Waals surface area contributed by atoms with Crippen molar-refractivity contribution in [2.75, 3.05) is 7.05 Å². The molecule has 1 aliphatic carbocycles. The number of hydrogen-bond donors (Lipinski definition) is 1. The maximum absolute atomic E-state index is 3.58. The van der Waals surface area contributed by atoms with Crippen LogP contribution in [0.3, 0.4) is 0 Å². The Morgan fingerprint density at radius 2 is 2.33 bits per heavy atom. The fourth-order valence-corrected chi connectivity index (χ4v) is 4.16. The van der Waals surface area contributed by atoms with Crippen LogP contribution in [0.1, 0.15) is 50.3 Å². The molecule has 1 aromatic heterocycles. The first-order valence-electron chi connectivity index (χ1n) is 7.49. The van der Waals surface area contributed by atoms with Crippen LogP contribution >= 0.6 is 11.3 Å². The molecule has 3 unspecified atom stereocenters. The number of hydrogen-bond acceptors (Lipinski definition) is 2. The third kappa shape index (κ3) is 4.10. The van der Waals surface area contributed by atoms with Gasteiger partial charge in [0.25, 0.3) is 0 Å². The van der Waals surface area contributed by atoms with Gasteiger partial charge in [-0.25, -0.2) is 0 Å². The summed E-state index contributed by atoms with van der Waals surface area (Å²) < 4.78 is 0. The van der Waals surface area contributed by atoms with Crippen LogP contribution < -0.4 is 5.32 Å². The zero-order valence-corrected chi connectivity index (χ0v) is 12.6. The summed E-state index contributed by atoms with van der Waals surface area (Å²) in [6.45, 7) is 2.42. The predicted molar refractivity (Wildman–Crippen MR) is 81.2 cm³/mol. The van der Waals surface area contributed by atoms with E-state index in [2.05, 4.69) is 36.8 Å². The lowest BCUT2D eigenvalue weighted by atomic mass is 9.77. The summed E-state index contributed by atoms with van der Waals surface area (Å²) in [4.78, 5) is 1.54. The van der Waals surface area contributed by atoms with Gasteiger partial charge in [0.2, 0.25) is 0 Å². The lowest BCUT2D eigenvalue weighted by molar-refractivity contribution is 0.219. The molecular formula is C16H27NS. The van der Waals surface area contributed by atoms with Crippen LogP contribution in [-0.4, -0.2) is 13.1 Å². The van der Waals surface area contributed by atoms with Crippen molar-refractivity contribution in [3.63, 3.8) is 0 Å². The molecule has 1 nitrogen and oxygen atoms in total. The van der Waals surface area contributed by atoms with Gasteiger partial charge < -0.3 is 5.32 Å². The average Bonchev–Trinajstić information content (AvgIpc) is 2.88. The molecule has 2 heteroatoms. The Hall–Kier alpha value is -0.340. The average molecular weight is 265 g/mol. The second-order valence-electron chi connectivity index (χ2n) is 5.90. The lowest BCUT2D eigenvalue weighted by Gasteiger charge is -2.33. The fourth-order valence-electron chi connectivity index (χ4n) is 3.41. The van der Waals surface area contributed by atoms with Crippen molar-refractivity contribution in [2.45, 2.75) is 57.9 Å². The molecule has 1 aromatic rings. The Labute approximate surface area is 116 Å². The van der Waals surface area contributed by atoms with Gasteiger partial charge in [0.15, 0.2) is 0 Å². The summed E-state index contributed by atoms with van der Waals surface area (Å²) in [5, 5.41) is 5.76. The first kappa shape index (κ1) is 14.1. The minimum Gasteiger partial charge on any atom is -0.317 e. The van der Waals surface area contributed by atoms with Gasteiger partial charge in [0.1, 0.15) is 0 Å². The van der Waals surface area contributed by atoms with E-state index in [1.807, 2.05) is 11.3 Å². The predicted octanol–water partition coefficient (Wildman–Crippen LogP) is 4.49. The number of rotatable bonds is 6. The van der Waals surface area contributed by atoms with Crippen LogP contribution in [0, 0.1) is 11.8 Å². The molecule has 1 heterocycles. The van der Waals surface area contributed by atoms with Crippen LogP contribution in [0.15, 0.2) is 17.5 Å². The van der Waals surface area contributed by atoms with Crippen LogP contribution in [0.5, 0.6) is 0 Å². The molecule has 0 aliphatic heterocycles. The maximum Gasteiger partial charge on any atom is 0.00925 e. The van der Waals surface area contributed by atoms with Crippen molar-refractivity contribution < 1.29 is 0 Å². The summed E-state index contributed by atoms with van der Waals surface area (Å²) in [5.41, 5.74) is 0. The fraction of sp³-hybridized carbons (Fsp3) is 0.750. The largest absolute Gasteiger partial charge is 0.317 e. The van der Waals surface area contributed by atoms with E-state index in [0.717, 1.165) is 17.9 Å². The number of aryl methyl sites for hydroxylation is 1. The SMILES string of the molecule is CNC(CCCc1cccs1)C1CCCC(C)C1. The highest BCUT2D eigenvalue weighted by atomic mass is 32.1. The summed E-state index contributed by atoms with van der Waals surface area (Å²) in [7, 11) is 2.15. The summed E-state index contributed by atoms with van der Waals surface area (Å²) in [6, 6.07) is 5.17. The third-order valence-corrected chi connectivity index (χ3v) is 5.37. The van der Waals surface area contributed by atoms with E-state index in [4.69, 9.17) is 0 Å². The van der Waals surface area contributed by atoms with Crippen molar-refractivity contribution in [2.24, 2.45) is 11.8 Å². The van der Waals surface area contributed by atoms with Gasteiger partial charge in [-0.1, -0.05) is 25.8 Å². The van der Waals surface area contributed by atoms with Crippen LogP contribution in [-0.2, 0) is 6.42 Å². The van der Waals surface area contributed by atoms with Gasteiger partial charge in [0.05, 0.1) is 0 Å². The van der Waals surface area contributed by atoms with Crippen molar-refractivity contribution in [3.8, 4) is 0 Å². The van der Waals surface area contributed by atoms with E-state index in [1.165, 1.54) is 44.9 Å². The molecule has 0 aromatic carbocycles. The molecule has 1 aliphatic rings. The van der Waals surface area contributed by atoms with E-state index in [0.29, 0.717) is 0 Å². The van der Waals surface area contributed by atoms with Gasteiger partial charge in [-0.2, -0.15) is 0 Å². The van der Waals surface area contributed by atoms with Crippen LogP contribution in [0.2, 0.25) is 0 Å². The van der Waals surface area contributed by atoms with Crippen molar-refractivity contribution in [1.82, 2.24) is 5.32 Å². The van der Waals surface area contributed by atoms with Gasteiger partial charge >= 0.3 is 0 Å². The van der Waals surface area contributed by atoms with Crippen LogP contribution in [0.4, 0.5) is 0 Å². The molecule has 1 N–H and O–H groups in total. The monoisotopic (exact) mass is 265 g/mol. The standard InChI is InChI=1S/C16H27NS/c1-13-6-3-7-14(12-13)16(17-2)10-4-8-15-9-5-11-18-15/h5,9,11,13-14,16-17H,3-4,6-8,10,12H2,1-2H3. The Morgan fingerprint density at radius 3 is 3.00 bits per heavy atom. The lowest BCUT2D eigenvalue weighted by Crippen LogP contribution is -2.36. The van der Waals surface area contributed by atoms with E-state index >= 15 is 0 Å². The molecule has 1 fully saturated rings. The molecule has 1 saturated carbocycles. The van der Waals surface area contributed by atoms with Gasteiger partial charge in [0, 0.05) is 10.9 Å². The van der Waals surface area contributed by atoms with E-state index in [9.17, 15) is 0 Å². The van der Waals surface area contributed by atoms with Gasteiger partial charge in [-0.15, -0.1) is 11.3 Å². The number of thiophene rings is 1. The summed E-state index contributed by atoms with van der Waals surface area (Å²) >= 11 is 1.90. The van der Waals surface area contributed by atoms with Gasteiger partial charge in [-0.3, -0.25) is 0 Å². The van der Waals surface area contributed by atoms with Crippen molar-refractivity contribution in [1.29, 1.82) is 0 Å². The Kier molecular flexibility index (Phi) is 5.71. The Bertz CT molecular complexity index is 320. The minimum absolute atomic E-state index is 0.743. The van der Waals surface area contributed by atoms with E-state index in [-0.39, 0.29) is 0 Å². The summed E-state index contributed by atoms with van der Waals surface area (Å²) in [6.07, 6.45) is 9.69. The molecule has 0 saturated heterocycles. The highest BCUT2D eigenvalue weighted by molar-refractivity contribution is 7.09. The maximum atomic E-state index is 3.58. The van der Waals surface area contributed by atoms with Crippen LogP contribution in [0.25, 0.3) is 0 Å². The number of nitrogens with one attached hydrogen (secondary N) is 1. The second kappa shape index (κ2) is 7.30. The molecular weight excluding hydrogens is 238 g/mol. The highest BCUT2D eigenvalue weighted by Crippen LogP contribution is 2.32. The molecule has 2 rings (SSSR count). The molecule has 3 atom stereocenters. The molecule has 0 radical (unpaired) electrons. The molecule has 102 valence electrons. The van der Waals surface area contributed by atoms with Crippen molar-refractivity contribution in [3.05, 3.63) is 22.4 Å². The Balaban J connectivity index is 1.74. The third-order valence-electron chi connectivity index (χ3n) is 4.44. The van der Waals surface area contributed by atoms with Crippen molar-refractivity contribution >= 4 is 11.3 Å². The minimum atomic E-state index is 0.743. The first-order chi connectivity index (χ1) is 8.79. The van der Waals surface area contributed by atoms with E-state index < -0.39 is 0 Å². The van der Waals surface area contributed by atoms with E-state index in [1.54, 1.807) is 4.88 Å². The molecule has 18 heavy (non-hydrogen) atoms. The zero-order chi connectivity index (χ0) is 12.8. The topological polar surface area (TPSA) is 12.0 Å². The van der Waals surface area contributed by atoms with Gasteiger partial charge in [-0.05, 0) is 62.4 Å². The molecule has 0 amide bonds. The quantitative estimate of drug-likeness (QED) is 0.799.